The normalized spacial score (nSPS) is 14.9. The number of aromatic nitrogens is 3. The molecule has 11 nitrogen and oxygen atoms in total. The summed E-state index contributed by atoms with van der Waals surface area (Å²) in [5.74, 6) is -0.143. The average Bonchev–Trinajstić information content (AvgIpc) is 3.30. The number of aryl methyl sites for hydroxylation is 2. The lowest BCUT2D eigenvalue weighted by atomic mass is 9.99. The van der Waals surface area contributed by atoms with Crippen LogP contribution in [0.15, 0.2) is 36.4 Å². The van der Waals surface area contributed by atoms with Crippen LogP contribution in [0.1, 0.15) is 50.2 Å². The maximum absolute atomic E-state index is 12.9. The minimum atomic E-state index is -4.43. The lowest BCUT2D eigenvalue weighted by Gasteiger charge is -2.29. The second-order valence-electron chi connectivity index (χ2n) is 10.6. The molecule has 14 heteroatoms. The van der Waals surface area contributed by atoms with Crippen LogP contribution in [-0.4, -0.2) is 61.6 Å². The lowest BCUT2D eigenvalue weighted by Crippen LogP contribution is -2.42. The van der Waals surface area contributed by atoms with Gasteiger partial charge in [-0.15, -0.1) is 0 Å². The van der Waals surface area contributed by atoms with Crippen molar-refractivity contribution >= 4 is 17.6 Å². The molecule has 0 radical (unpaired) electrons. The summed E-state index contributed by atoms with van der Waals surface area (Å²) >= 11 is 0. The number of hydrogen-bond donors (Lipinski definition) is 4. The zero-order valence-electron chi connectivity index (χ0n) is 23.5. The first-order valence-electron chi connectivity index (χ1n) is 13.2. The molecule has 4 N–H and O–H groups in total. The van der Waals surface area contributed by atoms with E-state index in [4.69, 9.17) is 9.47 Å². The summed E-state index contributed by atoms with van der Waals surface area (Å²) in [4.78, 5) is 28.1. The van der Waals surface area contributed by atoms with E-state index in [1.54, 1.807) is 11.6 Å². The number of alkyl halides is 3. The summed E-state index contributed by atoms with van der Waals surface area (Å²) in [5, 5.41) is 30.9. The maximum Gasteiger partial charge on any atom is 0.416 e. The van der Waals surface area contributed by atoms with E-state index in [0.717, 1.165) is 12.1 Å². The number of nitrogens with one attached hydrogen (secondary N) is 2. The van der Waals surface area contributed by atoms with Crippen molar-refractivity contribution in [1.29, 1.82) is 0 Å². The molecule has 1 amide bonds. The quantitative estimate of drug-likeness (QED) is 0.206. The van der Waals surface area contributed by atoms with Crippen LogP contribution in [0.3, 0.4) is 0 Å². The van der Waals surface area contributed by atoms with Gasteiger partial charge in [0.05, 0.1) is 17.4 Å². The fourth-order valence-corrected chi connectivity index (χ4v) is 4.23. The van der Waals surface area contributed by atoms with Crippen molar-refractivity contribution in [1.82, 2.24) is 20.1 Å². The monoisotopic (exact) mass is 591 g/mol. The fourth-order valence-electron chi connectivity index (χ4n) is 4.23. The number of hydrogen-bond acceptors (Lipinski definition) is 9. The van der Waals surface area contributed by atoms with Gasteiger partial charge in [-0.25, -0.2) is 14.5 Å². The summed E-state index contributed by atoms with van der Waals surface area (Å²) in [6.07, 6.45) is -6.38. The Labute approximate surface area is 239 Å². The van der Waals surface area contributed by atoms with Gasteiger partial charge in [-0.05, 0) is 52.3 Å². The molecular formula is C28H32F3N5O6. The molecule has 3 aromatic rings. The number of anilines is 1. The van der Waals surface area contributed by atoms with E-state index in [2.05, 4.69) is 20.7 Å². The van der Waals surface area contributed by atoms with Crippen LogP contribution in [0.25, 0.3) is 11.4 Å². The van der Waals surface area contributed by atoms with Gasteiger partial charge in [-0.1, -0.05) is 12.1 Å². The number of halogens is 3. The number of fused-ring (bicyclic) bond motifs is 1. The van der Waals surface area contributed by atoms with Crippen LogP contribution < -0.4 is 20.1 Å². The molecule has 0 saturated heterocycles. The van der Waals surface area contributed by atoms with Gasteiger partial charge < -0.3 is 30.3 Å². The predicted octanol–water partition coefficient (Wildman–Crippen LogP) is 3.38. The van der Waals surface area contributed by atoms with E-state index in [9.17, 15) is 33.0 Å². The zero-order valence-corrected chi connectivity index (χ0v) is 23.5. The molecule has 1 aliphatic heterocycles. The van der Waals surface area contributed by atoms with E-state index in [1.165, 1.54) is 31.2 Å². The molecule has 226 valence electrons. The fraction of sp³-hybridized carbons (Fsp3) is 0.429. The average molecular weight is 592 g/mol. The van der Waals surface area contributed by atoms with E-state index in [1.807, 2.05) is 13.8 Å². The van der Waals surface area contributed by atoms with Crippen molar-refractivity contribution in [3.05, 3.63) is 53.3 Å². The van der Waals surface area contributed by atoms with Gasteiger partial charge >= 0.3 is 12.1 Å². The number of esters is 1. The summed E-state index contributed by atoms with van der Waals surface area (Å²) < 4.78 is 51.0. The summed E-state index contributed by atoms with van der Waals surface area (Å²) in [7, 11) is 0. The third-order valence-corrected chi connectivity index (χ3v) is 6.68. The smallest absolute Gasteiger partial charge is 0.416 e. The minimum absolute atomic E-state index is 0.0178. The topological polar surface area (TPSA) is 148 Å². The van der Waals surface area contributed by atoms with Gasteiger partial charge in [0, 0.05) is 35.8 Å². The number of aliphatic hydroxyl groups is 2. The molecule has 4 rings (SSSR count). The first kappa shape index (κ1) is 30.9. The number of carbonyl (C=O) groups is 2. The van der Waals surface area contributed by atoms with Crippen LogP contribution in [0.2, 0.25) is 0 Å². The molecule has 1 aliphatic rings. The Morgan fingerprint density at radius 2 is 1.90 bits per heavy atom. The Bertz CT molecular complexity index is 1450. The number of amides is 1. The van der Waals surface area contributed by atoms with Crippen LogP contribution in [0, 0.1) is 6.92 Å². The Morgan fingerprint density at radius 1 is 1.21 bits per heavy atom. The highest BCUT2D eigenvalue weighted by molar-refractivity contribution is 5.96. The largest absolute Gasteiger partial charge is 0.481 e. The highest BCUT2D eigenvalue weighted by atomic mass is 19.4. The van der Waals surface area contributed by atoms with Gasteiger partial charge in [-0.2, -0.15) is 18.3 Å². The molecule has 0 spiro atoms. The standard InChI is InChI=1S/C28H32F3N5O6/c1-15(37)26(40)42-19-11-20(24-21(12-19)34-23(39)14-41-24)22(38)13-32-27(3,4)9-10-36-16(2)33-25(35-36)17-5-7-18(8-6-17)28(29,30)31/h5-8,11-12,15,22,32,37-38H,9-10,13-14H2,1-4H3,(H,34,39). The van der Waals surface area contributed by atoms with Gasteiger partial charge in [0.1, 0.15) is 23.4 Å². The minimum Gasteiger partial charge on any atom is -0.481 e. The molecule has 0 bridgehead atoms. The van der Waals surface area contributed by atoms with Crippen molar-refractivity contribution in [2.24, 2.45) is 0 Å². The van der Waals surface area contributed by atoms with E-state index < -0.39 is 41.4 Å². The molecule has 42 heavy (non-hydrogen) atoms. The highest BCUT2D eigenvalue weighted by Crippen LogP contribution is 2.39. The van der Waals surface area contributed by atoms with Crippen molar-refractivity contribution in [2.45, 2.75) is 64.6 Å². The van der Waals surface area contributed by atoms with Gasteiger partial charge in [0.2, 0.25) is 0 Å². The number of β-amino-alcohol motifs (C(OH)–C–C–N with tert-alkyl or cyclic N) is 1. The van der Waals surface area contributed by atoms with Crippen LogP contribution >= 0.6 is 0 Å². The Kier molecular flexibility index (Phi) is 8.89. The third kappa shape index (κ3) is 7.43. The second-order valence-corrected chi connectivity index (χ2v) is 10.6. The van der Waals surface area contributed by atoms with Crippen LogP contribution in [0.4, 0.5) is 18.9 Å². The predicted molar refractivity (Wildman–Crippen MR) is 145 cm³/mol. The van der Waals surface area contributed by atoms with Gasteiger partial charge in [0.25, 0.3) is 5.91 Å². The third-order valence-electron chi connectivity index (χ3n) is 6.68. The van der Waals surface area contributed by atoms with E-state index in [-0.39, 0.29) is 35.9 Å². The van der Waals surface area contributed by atoms with Crippen molar-refractivity contribution in [2.75, 3.05) is 18.5 Å². The first-order valence-corrected chi connectivity index (χ1v) is 13.2. The molecule has 0 aliphatic carbocycles. The number of rotatable bonds is 10. The first-order chi connectivity index (χ1) is 19.6. The van der Waals surface area contributed by atoms with Crippen molar-refractivity contribution in [3.8, 4) is 22.9 Å². The molecule has 2 unspecified atom stereocenters. The SMILES string of the molecule is Cc1nc(-c2ccc(C(F)(F)F)cc2)nn1CCC(C)(C)NCC(O)c1cc(OC(=O)C(C)O)cc2c1OCC(=O)N2. The summed E-state index contributed by atoms with van der Waals surface area (Å²) in [6.45, 7) is 7.12. The van der Waals surface area contributed by atoms with E-state index in [0.29, 0.717) is 30.2 Å². The van der Waals surface area contributed by atoms with Crippen molar-refractivity contribution in [3.63, 3.8) is 0 Å². The number of ether oxygens (including phenoxy) is 2. The van der Waals surface area contributed by atoms with Crippen molar-refractivity contribution < 1.29 is 42.4 Å². The zero-order chi connectivity index (χ0) is 30.8. The van der Waals surface area contributed by atoms with Crippen LogP contribution in [0.5, 0.6) is 11.5 Å². The van der Waals surface area contributed by atoms with Gasteiger partial charge in [0.15, 0.2) is 12.4 Å². The molecule has 2 heterocycles. The molecule has 2 atom stereocenters. The van der Waals surface area contributed by atoms with E-state index >= 15 is 0 Å². The van der Waals surface area contributed by atoms with Crippen LogP contribution in [-0.2, 0) is 22.3 Å². The maximum atomic E-state index is 12.9. The Balaban J connectivity index is 1.42. The highest BCUT2D eigenvalue weighted by Gasteiger charge is 2.30. The number of aliphatic hydroxyl groups excluding tert-OH is 2. The molecule has 2 aromatic carbocycles. The molecular weight excluding hydrogens is 559 g/mol. The molecule has 1 aromatic heterocycles. The Hall–Kier alpha value is -4.01. The Morgan fingerprint density at radius 3 is 2.55 bits per heavy atom. The van der Waals surface area contributed by atoms with Gasteiger partial charge in [-0.3, -0.25) is 4.79 Å². The summed E-state index contributed by atoms with van der Waals surface area (Å²) in [5.41, 5.74) is -0.298. The number of benzene rings is 2. The molecule has 0 saturated carbocycles. The second kappa shape index (κ2) is 12.1. The summed E-state index contributed by atoms with van der Waals surface area (Å²) in [6, 6.07) is 7.45. The molecule has 0 fully saturated rings. The lowest BCUT2D eigenvalue weighted by molar-refractivity contribution is -0.142. The number of carbonyl (C=O) groups excluding carboxylic acids is 2. The number of nitrogens with zero attached hydrogens (tertiary/aromatic N) is 3.